The van der Waals surface area contributed by atoms with E-state index in [1.165, 1.54) is 23.9 Å². The number of nitrogens with zero attached hydrogens (tertiary/aromatic N) is 1. The van der Waals surface area contributed by atoms with E-state index in [-0.39, 0.29) is 12.3 Å². The molecule has 23 heavy (non-hydrogen) atoms. The van der Waals surface area contributed by atoms with Crippen molar-refractivity contribution in [2.24, 2.45) is 0 Å². The van der Waals surface area contributed by atoms with Gasteiger partial charge in [-0.1, -0.05) is 0 Å². The summed E-state index contributed by atoms with van der Waals surface area (Å²) in [5.41, 5.74) is 0.525. The van der Waals surface area contributed by atoms with Crippen LogP contribution < -0.4 is 4.31 Å². The maximum absolute atomic E-state index is 12.0. The normalized spacial score (nSPS) is 11.5. The van der Waals surface area contributed by atoms with Crippen LogP contribution in [0.15, 0.2) is 17.0 Å². The van der Waals surface area contributed by atoms with Gasteiger partial charge in [-0.2, -0.15) is 0 Å². The molecule has 0 radical (unpaired) electrons. The van der Waals surface area contributed by atoms with E-state index in [9.17, 15) is 21.6 Å². The summed E-state index contributed by atoms with van der Waals surface area (Å²) in [6.45, 7) is 1.91. The summed E-state index contributed by atoms with van der Waals surface area (Å²) >= 11 is 3.10. The highest BCUT2D eigenvalue weighted by molar-refractivity contribution is 14.1. The van der Waals surface area contributed by atoms with Gasteiger partial charge in [0.15, 0.2) is 9.84 Å². The van der Waals surface area contributed by atoms with Crippen molar-refractivity contribution in [3.05, 3.63) is 21.3 Å². The first-order valence-corrected chi connectivity index (χ1v) is 11.7. The minimum Gasteiger partial charge on any atom is -0.462 e. The number of hydrogen-bond acceptors (Lipinski definition) is 7. The van der Waals surface area contributed by atoms with Gasteiger partial charge in [0.25, 0.3) is 0 Å². The van der Waals surface area contributed by atoms with Crippen molar-refractivity contribution in [2.45, 2.75) is 11.8 Å². The van der Waals surface area contributed by atoms with Gasteiger partial charge in [-0.25, -0.2) is 21.6 Å². The smallest absolute Gasteiger partial charge is 0.339 e. The van der Waals surface area contributed by atoms with Gasteiger partial charge in [-0.05, 0) is 47.9 Å². The van der Waals surface area contributed by atoms with Gasteiger partial charge in [0.05, 0.1) is 17.9 Å². The summed E-state index contributed by atoms with van der Waals surface area (Å²) in [5, 5.41) is 0. The van der Waals surface area contributed by atoms with Crippen LogP contribution in [0.1, 0.15) is 17.3 Å². The van der Waals surface area contributed by atoms with E-state index in [1.54, 1.807) is 13.2 Å². The number of ether oxygens (including phenoxy) is 1. The fourth-order valence-electron chi connectivity index (χ4n) is 1.70. The molecule has 0 fully saturated rings. The summed E-state index contributed by atoms with van der Waals surface area (Å²) in [7, 11) is -6.69. The fraction of sp³-hybridized carbons (Fsp3) is 0.417. The Morgan fingerprint density at radius 2 is 2.00 bits per heavy atom. The molecule has 0 spiro atoms. The number of sulfone groups is 1. The van der Waals surface area contributed by atoms with Crippen molar-refractivity contribution in [3.8, 4) is 0 Å². The van der Waals surface area contributed by atoms with Gasteiger partial charge >= 0.3 is 5.97 Å². The molecular formula is C12H16INO6S3. The Labute approximate surface area is 154 Å². The average molecular weight is 493 g/mol. The van der Waals surface area contributed by atoms with Crippen molar-refractivity contribution in [3.63, 3.8) is 0 Å². The van der Waals surface area contributed by atoms with Crippen LogP contribution in [0.5, 0.6) is 0 Å². The number of carbonyl (C=O) groups is 1. The Morgan fingerprint density at radius 3 is 2.43 bits per heavy atom. The first-order valence-electron chi connectivity index (χ1n) is 6.25. The summed E-state index contributed by atoms with van der Waals surface area (Å²) in [4.78, 5) is 12.5. The van der Waals surface area contributed by atoms with Crippen LogP contribution in [0, 0.1) is 3.57 Å². The molecule has 1 rings (SSSR count). The lowest BCUT2D eigenvalue weighted by atomic mass is 10.2. The van der Waals surface area contributed by atoms with E-state index in [1.807, 2.05) is 22.6 Å². The van der Waals surface area contributed by atoms with E-state index >= 15 is 0 Å². The molecule has 0 heterocycles. The SMILES string of the molecule is CCOC(=O)c1cc(I)c(N(CS(C)(=O)=O)[SH](=O)=O)cc1SC. The highest BCUT2D eigenvalue weighted by atomic mass is 127. The number of esters is 1. The molecule has 7 nitrogen and oxygen atoms in total. The lowest BCUT2D eigenvalue weighted by molar-refractivity contribution is 0.0522. The largest absolute Gasteiger partial charge is 0.462 e. The van der Waals surface area contributed by atoms with Crippen LogP contribution in [-0.4, -0.2) is 47.8 Å². The second kappa shape index (κ2) is 8.53. The number of halogens is 1. The number of anilines is 1. The molecule has 0 aliphatic carbocycles. The molecule has 0 atom stereocenters. The number of benzene rings is 1. The first-order chi connectivity index (χ1) is 10.6. The van der Waals surface area contributed by atoms with Crippen LogP contribution in [0.25, 0.3) is 0 Å². The van der Waals surface area contributed by atoms with Gasteiger partial charge in [0.2, 0.25) is 10.9 Å². The Bertz CT molecular complexity index is 767. The summed E-state index contributed by atoms with van der Waals surface area (Å²) < 4.78 is 52.0. The van der Waals surface area contributed by atoms with E-state index in [4.69, 9.17) is 4.74 Å². The van der Waals surface area contributed by atoms with E-state index in [0.29, 0.717) is 14.0 Å². The third kappa shape index (κ3) is 5.80. The number of thioether (sulfide) groups is 1. The van der Waals surface area contributed by atoms with Gasteiger partial charge in [-0.15, -0.1) is 11.8 Å². The van der Waals surface area contributed by atoms with Crippen molar-refractivity contribution < 1.29 is 26.4 Å². The van der Waals surface area contributed by atoms with Crippen molar-refractivity contribution in [1.29, 1.82) is 0 Å². The van der Waals surface area contributed by atoms with Crippen LogP contribution in [0.4, 0.5) is 5.69 Å². The molecule has 0 saturated carbocycles. The molecule has 0 unspecified atom stereocenters. The molecule has 1 aromatic carbocycles. The second-order valence-corrected chi connectivity index (χ2v) is 9.50. The summed E-state index contributed by atoms with van der Waals surface area (Å²) in [6, 6.07) is 2.98. The Morgan fingerprint density at radius 1 is 1.39 bits per heavy atom. The second-order valence-electron chi connectivity index (χ2n) is 4.42. The quantitative estimate of drug-likeness (QED) is 0.266. The van der Waals surface area contributed by atoms with Crippen LogP contribution in [0.2, 0.25) is 0 Å². The maximum Gasteiger partial charge on any atom is 0.339 e. The zero-order chi connectivity index (χ0) is 17.8. The number of rotatable bonds is 7. The Hall–Kier alpha value is -0.530. The van der Waals surface area contributed by atoms with Crippen LogP contribution in [-0.2, 0) is 25.5 Å². The number of thiol groups is 1. The van der Waals surface area contributed by atoms with E-state index < -0.39 is 32.6 Å². The monoisotopic (exact) mass is 493 g/mol. The average Bonchev–Trinajstić information content (AvgIpc) is 2.43. The molecule has 0 aromatic heterocycles. The van der Waals surface area contributed by atoms with Gasteiger partial charge in [-0.3, -0.25) is 4.31 Å². The predicted molar refractivity (Wildman–Crippen MR) is 99.4 cm³/mol. The van der Waals surface area contributed by atoms with Crippen molar-refractivity contribution >= 4 is 66.7 Å². The lowest BCUT2D eigenvalue weighted by Gasteiger charge is -2.20. The van der Waals surface area contributed by atoms with Crippen molar-refractivity contribution in [2.75, 3.05) is 29.3 Å². The first kappa shape index (κ1) is 20.5. The molecule has 0 aliphatic rings. The molecule has 0 amide bonds. The highest BCUT2D eigenvalue weighted by Crippen LogP contribution is 2.32. The third-order valence-electron chi connectivity index (χ3n) is 2.60. The minimum atomic E-state index is -3.55. The molecule has 1 aromatic rings. The molecule has 0 aliphatic heterocycles. The van der Waals surface area contributed by atoms with Crippen molar-refractivity contribution in [1.82, 2.24) is 0 Å². The standard InChI is InChI=1S/C12H16INO6S3/c1-4-20-12(15)8-5-9(13)10(6-11(8)21-2)14(22(16)17)7-23(3,18)19/h5-6,22H,4,7H2,1-3H3. The van der Waals surface area contributed by atoms with E-state index in [2.05, 4.69) is 0 Å². The Balaban J connectivity index is 3.45. The summed E-state index contributed by atoms with van der Waals surface area (Å²) in [5.74, 6) is -1.17. The molecule has 130 valence electrons. The fourth-order valence-corrected chi connectivity index (χ4v) is 5.18. The predicted octanol–water partition coefficient (Wildman–Crippen LogP) is 1.52. The topological polar surface area (TPSA) is 97.8 Å². The zero-order valence-electron chi connectivity index (χ0n) is 12.6. The number of hydrogen-bond donors (Lipinski definition) is 1. The van der Waals surface area contributed by atoms with Gasteiger partial charge in [0.1, 0.15) is 5.88 Å². The van der Waals surface area contributed by atoms with Gasteiger partial charge < -0.3 is 4.74 Å². The molecule has 11 heteroatoms. The highest BCUT2D eigenvalue weighted by Gasteiger charge is 2.22. The molecule has 0 saturated heterocycles. The van der Waals surface area contributed by atoms with E-state index in [0.717, 1.165) is 10.6 Å². The molecule has 0 N–H and O–H groups in total. The maximum atomic E-state index is 12.0. The third-order valence-corrected chi connectivity index (χ3v) is 5.91. The zero-order valence-corrected chi connectivity index (χ0v) is 17.3. The minimum absolute atomic E-state index is 0.213. The molecular weight excluding hydrogens is 477 g/mol. The van der Waals surface area contributed by atoms with Gasteiger partial charge in [0, 0.05) is 14.7 Å². The van der Waals surface area contributed by atoms with Crippen LogP contribution >= 0.6 is 34.4 Å². The number of carbonyl (C=O) groups excluding carboxylic acids is 1. The summed E-state index contributed by atoms with van der Waals surface area (Å²) in [6.07, 6.45) is 2.68. The lowest BCUT2D eigenvalue weighted by Crippen LogP contribution is -2.28. The van der Waals surface area contributed by atoms with Crippen LogP contribution in [0.3, 0.4) is 0 Å². The Kier molecular flexibility index (Phi) is 7.61. The molecule has 0 bridgehead atoms.